The molecule has 0 unspecified atom stereocenters. The van der Waals surface area contributed by atoms with Gasteiger partial charge < -0.3 is 4.74 Å². The third-order valence-corrected chi connectivity index (χ3v) is 3.40. The minimum absolute atomic E-state index is 0.105. The van der Waals surface area contributed by atoms with Gasteiger partial charge in [-0.05, 0) is 43.2 Å². The van der Waals surface area contributed by atoms with Gasteiger partial charge in [-0.3, -0.25) is 4.79 Å². The molecule has 2 aromatic carbocycles. The lowest BCUT2D eigenvalue weighted by molar-refractivity contribution is -0.123. The van der Waals surface area contributed by atoms with Crippen molar-refractivity contribution >= 4 is 23.7 Å². The second-order valence-corrected chi connectivity index (χ2v) is 5.31. The zero-order valence-electron chi connectivity index (χ0n) is 12.5. The number of hydrazone groups is 1. The van der Waals surface area contributed by atoms with E-state index in [1.54, 1.807) is 24.4 Å². The van der Waals surface area contributed by atoms with Crippen molar-refractivity contribution in [2.75, 3.05) is 6.61 Å². The fraction of sp³-hybridized carbons (Fsp3) is 0.176. The number of halogens is 1. The first-order valence-corrected chi connectivity index (χ1v) is 7.20. The number of ether oxygens (including phenoxy) is 1. The molecule has 0 atom stereocenters. The number of rotatable bonds is 5. The number of amides is 1. The van der Waals surface area contributed by atoms with Gasteiger partial charge in [-0.1, -0.05) is 41.4 Å². The molecule has 0 spiro atoms. The normalized spacial score (nSPS) is 10.7. The summed E-state index contributed by atoms with van der Waals surface area (Å²) >= 11 is 5.93. The summed E-state index contributed by atoms with van der Waals surface area (Å²) in [5.74, 6) is 0.274. The summed E-state index contributed by atoms with van der Waals surface area (Å²) in [4.78, 5) is 11.6. The maximum Gasteiger partial charge on any atom is 0.277 e. The van der Waals surface area contributed by atoms with Crippen LogP contribution in [0, 0.1) is 13.8 Å². The van der Waals surface area contributed by atoms with Gasteiger partial charge in [-0.25, -0.2) is 5.43 Å². The van der Waals surface area contributed by atoms with Crippen molar-refractivity contribution in [3.05, 3.63) is 64.2 Å². The van der Waals surface area contributed by atoms with E-state index in [0.29, 0.717) is 10.8 Å². The number of nitrogens with zero attached hydrogens (tertiary/aromatic N) is 1. The first kappa shape index (κ1) is 16.0. The molecule has 0 saturated heterocycles. The average Bonchev–Trinajstić information content (AvgIpc) is 2.50. The van der Waals surface area contributed by atoms with Crippen LogP contribution in [0.2, 0.25) is 5.02 Å². The van der Waals surface area contributed by atoms with Crippen LogP contribution in [0.3, 0.4) is 0 Å². The molecular formula is C17H17ClN2O2. The lowest BCUT2D eigenvalue weighted by Crippen LogP contribution is -2.24. The smallest absolute Gasteiger partial charge is 0.277 e. The standard InChI is InChI=1S/C17H17ClN2O2/c1-12-3-5-14(6-4-12)10-19-20-17(21)11-22-15-7-8-16(18)13(2)9-15/h3-10H,11H2,1-2H3,(H,20,21). The predicted molar refractivity (Wildman–Crippen MR) is 88.6 cm³/mol. The third kappa shape index (κ3) is 4.90. The average molecular weight is 317 g/mol. The lowest BCUT2D eigenvalue weighted by Gasteiger charge is -2.06. The Morgan fingerprint density at radius 1 is 1.23 bits per heavy atom. The maximum atomic E-state index is 11.6. The van der Waals surface area contributed by atoms with Crippen LogP contribution in [0.15, 0.2) is 47.6 Å². The molecule has 0 aliphatic rings. The summed E-state index contributed by atoms with van der Waals surface area (Å²) in [6.07, 6.45) is 1.59. The van der Waals surface area contributed by atoms with Crippen LogP contribution in [0.5, 0.6) is 5.75 Å². The maximum absolute atomic E-state index is 11.6. The quantitative estimate of drug-likeness (QED) is 0.678. The summed E-state index contributed by atoms with van der Waals surface area (Å²) in [5.41, 5.74) is 5.41. The van der Waals surface area contributed by atoms with Crippen LogP contribution in [-0.4, -0.2) is 18.7 Å². The molecule has 0 saturated carbocycles. The van der Waals surface area contributed by atoms with Crippen molar-refractivity contribution in [1.82, 2.24) is 5.43 Å². The molecule has 0 aliphatic carbocycles. The van der Waals surface area contributed by atoms with Crippen molar-refractivity contribution in [3.8, 4) is 5.75 Å². The highest BCUT2D eigenvalue weighted by Gasteiger charge is 2.03. The van der Waals surface area contributed by atoms with Crippen molar-refractivity contribution in [3.63, 3.8) is 0 Å². The third-order valence-electron chi connectivity index (χ3n) is 2.98. The fourth-order valence-corrected chi connectivity index (χ4v) is 1.84. The van der Waals surface area contributed by atoms with E-state index in [1.165, 1.54) is 5.56 Å². The topological polar surface area (TPSA) is 50.7 Å². The van der Waals surface area contributed by atoms with E-state index in [-0.39, 0.29) is 12.5 Å². The van der Waals surface area contributed by atoms with Gasteiger partial charge in [0.25, 0.3) is 5.91 Å². The summed E-state index contributed by atoms with van der Waals surface area (Å²) < 4.78 is 5.38. The Balaban J connectivity index is 1.80. The SMILES string of the molecule is Cc1ccc(C=NNC(=O)COc2ccc(Cl)c(C)c2)cc1. The molecule has 114 valence electrons. The number of nitrogens with one attached hydrogen (secondary N) is 1. The molecular weight excluding hydrogens is 300 g/mol. The summed E-state index contributed by atoms with van der Waals surface area (Å²) in [6.45, 7) is 3.78. The van der Waals surface area contributed by atoms with Crippen LogP contribution in [0.4, 0.5) is 0 Å². The van der Waals surface area contributed by atoms with E-state index in [2.05, 4.69) is 10.5 Å². The molecule has 0 radical (unpaired) electrons. The van der Waals surface area contributed by atoms with Crippen LogP contribution >= 0.6 is 11.6 Å². The zero-order chi connectivity index (χ0) is 15.9. The van der Waals surface area contributed by atoms with Crippen molar-refractivity contribution in [2.24, 2.45) is 5.10 Å². The van der Waals surface area contributed by atoms with Gasteiger partial charge in [0, 0.05) is 5.02 Å². The van der Waals surface area contributed by atoms with Crippen LogP contribution in [0.1, 0.15) is 16.7 Å². The highest BCUT2D eigenvalue weighted by molar-refractivity contribution is 6.31. The van der Waals surface area contributed by atoms with Crippen LogP contribution < -0.4 is 10.2 Å². The lowest BCUT2D eigenvalue weighted by atomic mass is 10.2. The van der Waals surface area contributed by atoms with Gasteiger partial charge in [-0.15, -0.1) is 0 Å². The number of hydrogen-bond donors (Lipinski definition) is 1. The first-order chi connectivity index (χ1) is 10.5. The Morgan fingerprint density at radius 2 is 1.95 bits per heavy atom. The monoisotopic (exact) mass is 316 g/mol. The van der Waals surface area contributed by atoms with E-state index in [1.807, 2.05) is 38.1 Å². The van der Waals surface area contributed by atoms with Gasteiger partial charge in [-0.2, -0.15) is 5.10 Å². The Bertz CT molecular complexity index is 682. The number of carbonyl (C=O) groups is 1. The minimum Gasteiger partial charge on any atom is -0.484 e. The molecule has 1 amide bonds. The Morgan fingerprint density at radius 3 is 2.64 bits per heavy atom. The second kappa shape index (κ2) is 7.61. The summed E-state index contributed by atoms with van der Waals surface area (Å²) in [5, 5.41) is 4.56. The van der Waals surface area contributed by atoms with Gasteiger partial charge >= 0.3 is 0 Å². The van der Waals surface area contributed by atoms with E-state index in [0.717, 1.165) is 11.1 Å². The Hall–Kier alpha value is -2.33. The fourth-order valence-electron chi connectivity index (χ4n) is 1.72. The van der Waals surface area contributed by atoms with Gasteiger partial charge in [0.05, 0.1) is 6.21 Å². The molecule has 0 heterocycles. The number of benzene rings is 2. The molecule has 22 heavy (non-hydrogen) atoms. The highest BCUT2D eigenvalue weighted by Crippen LogP contribution is 2.20. The number of carbonyl (C=O) groups excluding carboxylic acids is 1. The molecule has 0 bridgehead atoms. The Kier molecular flexibility index (Phi) is 5.55. The molecule has 5 heteroatoms. The van der Waals surface area contributed by atoms with Crippen molar-refractivity contribution < 1.29 is 9.53 Å². The largest absolute Gasteiger partial charge is 0.484 e. The van der Waals surface area contributed by atoms with Gasteiger partial charge in [0.1, 0.15) is 5.75 Å². The first-order valence-electron chi connectivity index (χ1n) is 6.82. The minimum atomic E-state index is -0.323. The van der Waals surface area contributed by atoms with Crippen LogP contribution in [0.25, 0.3) is 0 Å². The molecule has 2 rings (SSSR count). The summed E-state index contributed by atoms with van der Waals surface area (Å²) in [6, 6.07) is 13.1. The van der Waals surface area contributed by atoms with E-state index < -0.39 is 0 Å². The molecule has 0 fully saturated rings. The molecule has 0 aliphatic heterocycles. The van der Waals surface area contributed by atoms with E-state index >= 15 is 0 Å². The molecule has 2 aromatic rings. The zero-order valence-corrected chi connectivity index (χ0v) is 13.2. The van der Waals surface area contributed by atoms with Crippen molar-refractivity contribution in [1.29, 1.82) is 0 Å². The van der Waals surface area contributed by atoms with E-state index in [4.69, 9.17) is 16.3 Å². The van der Waals surface area contributed by atoms with Gasteiger partial charge in [0.15, 0.2) is 6.61 Å². The van der Waals surface area contributed by atoms with Crippen molar-refractivity contribution in [2.45, 2.75) is 13.8 Å². The second-order valence-electron chi connectivity index (χ2n) is 4.90. The van der Waals surface area contributed by atoms with Gasteiger partial charge in [0.2, 0.25) is 0 Å². The molecule has 0 aromatic heterocycles. The van der Waals surface area contributed by atoms with Crippen LogP contribution in [-0.2, 0) is 4.79 Å². The molecule has 4 nitrogen and oxygen atoms in total. The Labute approximate surface area is 134 Å². The molecule has 1 N–H and O–H groups in total. The number of aryl methyl sites for hydroxylation is 2. The predicted octanol–water partition coefficient (Wildman–Crippen LogP) is 3.49. The highest BCUT2D eigenvalue weighted by atomic mass is 35.5. The summed E-state index contributed by atoms with van der Waals surface area (Å²) in [7, 11) is 0. The number of hydrogen-bond acceptors (Lipinski definition) is 3. The van der Waals surface area contributed by atoms with E-state index in [9.17, 15) is 4.79 Å².